The maximum Gasteiger partial charge on any atom is 0.126 e. The molecule has 0 fully saturated rings. The molecular weight excluding hydrogens is 463 g/mol. The van der Waals surface area contributed by atoms with Crippen LogP contribution >= 0.6 is 0 Å². The summed E-state index contributed by atoms with van der Waals surface area (Å²) in [6, 6.07) is 21.0. The van der Waals surface area contributed by atoms with E-state index in [0.29, 0.717) is 5.92 Å². The second-order valence-corrected chi connectivity index (χ2v) is 10.0. The topological polar surface area (TPSA) is 0 Å². The molecule has 38 heavy (non-hydrogen) atoms. The first-order valence-corrected chi connectivity index (χ1v) is 15.4. The Morgan fingerprint density at radius 1 is 0.553 bits per heavy atom. The van der Waals surface area contributed by atoms with Crippen molar-refractivity contribution >= 4 is 0 Å². The van der Waals surface area contributed by atoms with Crippen LogP contribution in [0.2, 0.25) is 0 Å². The largest absolute Gasteiger partial charge is 0.207 e. The molecule has 0 heterocycles. The van der Waals surface area contributed by atoms with Gasteiger partial charge in [-0.2, -0.15) is 0 Å². The van der Waals surface area contributed by atoms with E-state index in [1.54, 1.807) is 34.4 Å². The molecule has 3 aromatic rings. The van der Waals surface area contributed by atoms with Gasteiger partial charge in [-0.3, -0.25) is 0 Å². The van der Waals surface area contributed by atoms with Crippen LogP contribution in [-0.2, 0) is 19.3 Å². The van der Waals surface area contributed by atoms with Gasteiger partial charge in [0, 0.05) is 0 Å². The predicted octanol–water partition coefficient (Wildman–Crippen LogP) is 11.7. The summed E-state index contributed by atoms with van der Waals surface area (Å²) >= 11 is 0. The third-order valence-corrected chi connectivity index (χ3v) is 7.62. The number of fused-ring (bicyclic) bond motifs is 3. The molecule has 0 aliphatic heterocycles. The molecule has 0 N–H and O–H groups in total. The first-order chi connectivity index (χ1) is 18.4. The van der Waals surface area contributed by atoms with Crippen LogP contribution in [0.3, 0.4) is 0 Å². The molecule has 0 amide bonds. The smallest absolute Gasteiger partial charge is 0.126 e. The first kappa shape index (κ1) is 33.6. The lowest BCUT2D eigenvalue weighted by molar-refractivity contribution is 0.612. The molecule has 6 rings (SSSR count). The fourth-order valence-electron chi connectivity index (χ4n) is 5.55. The van der Waals surface area contributed by atoms with Crippen LogP contribution in [0.4, 0.5) is 4.39 Å². The molecule has 0 nitrogen and oxygen atoms in total. The van der Waals surface area contributed by atoms with Gasteiger partial charge in [0.15, 0.2) is 0 Å². The van der Waals surface area contributed by atoms with Gasteiger partial charge in [-0.1, -0.05) is 122 Å². The van der Waals surface area contributed by atoms with Crippen molar-refractivity contribution in [2.45, 2.75) is 126 Å². The molecule has 0 saturated carbocycles. The summed E-state index contributed by atoms with van der Waals surface area (Å²) in [5.74, 6) is 2.13. The van der Waals surface area contributed by atoms with Crippen molar-refractivity contribution in [1.82, 2.24) is 0 Å². The van der Waals surface area contributed by atoms with Crippen LogP contribution in [0.15, 0.2) is 60.7 Å². The average Bonchev–Trinajstić information content (AvgIpc) is 3.66. The molecule has 3 aromatic carbocycles. The van der Waals surface area contributed by atoms with E-state index in [9.17, 15) is 4.39 Å². The minimum absolute atomic E-state index is 0.0214. The molecule has 0 aromatic heterocycles. The lowest BCUT2D eigenvalue weighted by Crippen LogP contribution is -1.88. The summed E-state index contributed by atoms with van der Waals surface area (Å²) in [4.78, 5) is 0. The van der Waals surface area contributed by atoms with Gasteiger partial charge < -0.3 is 0 Å². The maximum absolute atomic E-state index is 13.1. The molecule has 1 heteroatoms. The van der Waals surface area contributed by atoms with E-state index >= 15 is 0 Å². The number of hydrogen-bond acceptors (Lipinski definition) is 0. The molecule has 0 bridgehead atoms. The Morgan fingerprint density at radius 2 is 1.05 bits per heavy atom. The lowest BCUT2D eigenvalue weighted by atomic mass is 10.0. The molecule has 0 spiro atoms. The van der Waals surface area contributed by atoms with Gasteiger partial charge in [0.1, 0.15) is 5.82 Å². The van der Waals surface area contributed by atoms with Crippen molar-refractivity contribution in [2.75, 3.05) is 0 Å². The number of aryl methyl sites for hydroxylation is 3. The molecule has 3 atom stereocenters. The molecule has 210 valence electrons. The Balaban J connectivity index is 0.000000259. The molecule has 3 aliphatic rings. The second-order valence-electron chi connectivity index (χ2n) is 10.0. The van der Waals surface area contributed by atoms with Gasteiger partial charge in [0.25, 0.3) is 0 Å². The van der Waals surface area contributed by atoms with E-state index in [1.165, 1.54) is 36.8 Å². The van der Waals surface area contributed by atoms with Gasteiger partial charge >= 0.3 is 0 Å². The highest BCUT2D eigenvalue weighted by Crippen LogP contribution is 2.34. The first-order valence-electron chi connectivity index (χ1n) is 15.4. The van der Waals surface area contributed by atoms with Crippen molar-refractivity contribution in [3.63, 3.8) is 0 Å². The highest BCUT2D eigenvalue weighted by Gasteiger charge is 2.20. The Bertz CT molecular complexity index is 1060. The van der Waals surface area contributed by atoms with Crippen molar-refractivity contribution < 1.29 is 4.39 Å². The monoisotopic (exact) mass is 518 g/mol. The van der Waals surface area contributed by atoms with Gasteiger partial charge in [-0.05, 0) is 103 Å². The van der Waals surface area contributed by atoms with Gasteiger partial charge in [0.05, 0.1) is 0 Å². The molecule has 0 saturated heterocycles. The van der Waals surface area contributed by atoms with Crippen LogP contribution in [-0.4, -0.2) is 0 Å². The van der Waals surface area contributed by atoms with Gasteiger partial charge in [-0.25, -0.2) is 4.39 Å². The van der Waals surface area contributed by atoms with Crippen LogP contribution in [0, 0.1) is 12.7 Å². The zero-order chi connectivity index (χ0) is 28.7. The van der Waals surface area contributed by atoms with Gasteiger partial charge in [0.2, 0.25) is 0 Å². The Hall–Kier alpha value is -2.41. The Labute approximate surface area is 235 Å². The summed E-state index contributed by atoms with van der Waals surface area (Å²) in [5, 5.41) is 0. The van der Waals surface area contributed by atoms with Gasteiger partial charge in [-0.15, -0.1) is 0 Å². The van der Waals surface area contributed by atoms with Crippen LogP contribution in [0.25, 0.3) is 0 Å². The zero-order valence-corrected chi connectivity index (χ0v) is 26.1. The minimum atomic E-state index is -0.0214. The molecule has 3 unspecified atom stereocenters. The fraction of sp³-hybridized carbons (Fsp3) is 0.514. The highest BCUT2D eigenvalue weighted by atomic mass is 19.1. The van der Waals surface area contributed by atoms with Crippen LogP contribution < -0.4 is 0 Å². The van der Waals surface area contributed by atoms with E-state index in [-0.39, 0.29) is 5.82 Å². The van der Waals surface area contributed by atoms with Crippen LogP contribution in [0.5, 0.6) is 0 Å². The Morgan fingerprint density at radius 3 is 1.66 bits per heavy atom. The standard InChI is InChI=1S/C11H14.C10H11F.C10H12.3C2H6/c1-8-3-6-11-9(2)4-5-10(11)7-8;1-7-5-6-9-8(7)3-2-4-10(9)11;1-8-6-7-9-4-2-3-5-10(8)9;3*1-2/h3,6-7,9H,4-5H2,1-2H3;2-4,7H,5-6H2,1H3;2-5,8H,6-7H2,1H3;3*1-2H3. The third kappa shape index (κ3) is 9.11. The normalized spacial score (nSPS) is 19.1. The lowest BCUT2D eigenvalue weighted by Gasteiger charge is -2.03. The molecular formula is C37H55F. The molecule has 0 radical (unpaired) electrons. The van der Waals surface area contributed by atoms with Crippen molar-refractivity contribution in [3.05, 3.63) is 105 Å². The highest BCUT2D eigenvalue weighted by molar-refractivity contribution is 5.37. The summed E-state index contributed by atoms with van der Waals surface area (Å²) in [6.45, 7) is 21.0. The second kappa shape index (κ2) is 18.0. The zero-order valence-electron chi connectivity index (χ0n) is 26.1. The van der Waals surface area contributed by atoms with Crippen molar-refractivity contribution in [3.8, 4) is 0 Å². The average molecular weight is 519 g/mol. The number of halogens is 1. The van der Waals surface area contributed by atoms with E-state index in [2.05, 4.69) is 70.2 Å². The van der Waals surface area contributed by atoms with E-state index < -0.39 is 0 Å². The molecule has 3 aliphatic carbocycles. The van der Waals surface area contributed by atoms with Crippen molar-refractivity contribution in [1.29, 1.82) is 0 Å². The number of benzene rings is 3. The van der Waals surface area contributed by atoms with E-state index in [4.69, 9.17) is 0 Å². The fourth-order valence-corrected chi connectivity index (χ4v) is 5.55. The number of rotatable bonds is 0. The quantitative estimate of drug-likeness (QED) is 0.277. The summed E-state index contributed by atoms with van der Waals surface area (Å²) in [6.07, 6.45) is 7.30. The Kier molecular flexibility index (Phi) is 15.9. The summed E-state index contributed by atoms with van der Waals surface area (Å²) in [5.41, 5.74) is 9.86. The van der Waals surface area contributed by atoms with E-state index in [0.717, 1.165) is 30.2 Å². The maximum atomic E-state index is 13.1. The van der Waals surface area contributed by atoms with Crippen molar-refractivity contribution in [2.24, 2.45) is 0 Å². The van der Waals surface area contributed by atoms with Crippen LogP contribution in [0.1, 0.15) is 138 Å². The minimum Gasteiger partial charge on any atom is -0.207 e. The third-order valence-electron chi connectivity index (χ3n) is 7.62. The van der Waals surface area contributed by atoms with E-state index in [1.807, 2.05) is 47.6 Å². The summed E-state index contributed by atoms with van der Waals surface area (Å²) < 4.78 is 13.1. The predicted molar refractivity (Wildman–Crippen MR) is 168 cm³/mol. The summed E-state index contributed by atoms with van der Waals surface area (Å²) in [7, 11) is 0. The SMILES string of the molecule is CC.CC.CC.CC1CCc2c(F)cccc21.CC1CCc2ccccc21.Cc1ccc2c(c1)CCC2C. The number of hydrogen-bond donors (Lipinski definition) is 0.